The summed E-state index contributed by atoms with van der Waals surface area (Å²) in [5.41, 5.74) is 5.89. The number of hydrogen-bond acceptors (Lipinski definition) is 3. The first-order valence-electron chi connectivity index (χ1n) is 6.96. The summed E-state index contributed by atoms with van der Waals surface area (Å²) in [5.74, 6) is 0.410. The second kappa shape index (κ2) is 6.02. The van der Waals surface area contributed by atoms with Gasteiger partial charge in [0.2, 0.25) is 5.91 Å². The van der Waals surface area contributed by atoms with Crippen molar-refractivity contribution in [3.05, 3.63) is 0 Å². The van der Waals surface area contributed by atoms with Crippen molar-refractivity contribution in [2.45, 2.75) is 65.6 Å². The smallest absolute Gasteiger partial charge is 0.237 e. The Labute approximate surface area is 111 Å². The number of carbonyl (C=O) groups excluding carboxylic acids is 1. The molecule has 1 saturated carbocycles. The lowest BCUT2D eigenvalue weighted by Gasteiger charge is -2.51. The summed E-state index contributed by atoms with van der Waals surface area (Å²) < 4.78 is 5.65. The van der Waals surface area contributed by atoms with Gasteiger partial charge in [0.05, 0.1) is 12.1 Å². The minimum atomic E-state index is -0.396. The minimum absolute atomic E-state index is 0.00320. The minimum Gasteiger partial charge on any atom is -0.378 e. The van der Waals surface area contributed by atoms with E-state index in [1.807, 2.05) is 6.92 Å². The van der Waals surface area contributed by atoms with Gasteiger partial charge < -0.3 is 15.8 Å². The lowest BCUT2D eigenvalue weighted by atomic mass is 9.64. The molecule has 0 aromatic carbocycles. The van der Waals surface area contributed by atoms with Crippen LogP contribution in [0.2, 0.25) is 0 Å². The molecule has 0 aromatic rings. The van der Waals surface area contributed by atoms with Crippen molar-refractivity contribution >= 4 is 5.91 Å². The number of ether oxygens (including phenoxy) is 1. The van der Waals surface area contributed by atoms with E-state index < -0.39 is 6.04 Å². The zero-order chi connectivity index (χ0) is 13.9. The summed E-state index contributed by atoms with van der Waals surface area (Å²) in [6, 6.07) is -0.216. The fourth-order valence-corrected chi connectivity index (χ4v) is 2.51. The summed E-state index contributed by atoms with van der Waals surface area (Å²) in [4.78, 5) is 12.0. The van der Waals surface area contributed by atoms with Crippen LogP contribution in [0.25, 0.3) is 0 Å². The van der Waals surface area contributed by atoms with Crippen LogP contribution in [0, 0.1) is 11.3 Å². The lowest BCUT2D eigenvalue weighted by molar-refractivity contribution is -0.137. The number of carbonyl (C=O) groups is 1. The summed E-state index contributed by atoms with van der Waals surface area (Å²) in [6.45, 7) is 11.1. The van der Waals surface area contributed by atoms with Gasteiger partial charge in [0, 0.05) is 18.1 Å². The van der Waals surface area contributed by atoms with E-state index in [1.165, 1.54) is 0 Å². The summed E-state index contributed by atoms with van der Waals surface area (Å²) in [7, 11) is 0. The molecule has 2 unspecified atom stereocenters. The van der Waals surface area contributed by atoms with Crippen molar-refractivity contribution in [3.8, 4) is 0 Å². The van der Waals surface area contributed by atoms with Gasteiger partial charge in [0.1, 0.15) is 0 Å². The molecule has 18 heavy (non-hydrogen) atoms. The first-order chi connectivity index (χ1) is 8.28. The van der Waals surface area contributed by atoms with Crippen molar-refractivity contribution in [1.29, 1.82) is 0 Å². The van der Waals surface area contributed by atoms with Crippen LogP contribution < -0.4 is 11.1 Å². The molecule has 1 amide bonds. The van der Waals surface area contributed by atoms with Crippen LogP contribution >= 0.6 is 0 Å². The monoisotopic (exact) mass is 256 g/mol. The molecule has 1 aliphatic carbocycles. The molecule has 4 nitrogen and oxygen atoms in total. The van der Waals surface area contributed by atoms with Crippen LogP contribution in [-0.2, 0) is 9.53 Å². The van der Waals surface area contributed by atoms with Crippen molar-refractivity contribution in [3.63, 3.8) is 0 Å². The maximum Gasteiger partial charge on any atom is 0.237 e. The van der Waals surface area contributed by atoms with Crippen LogP contribution in [0.5, 0.6) is 0 Å². The highest BCUT2D eigenvalue weighted by molar-refractivity contribution is 5.82. The van der Waals surface area contributed by atoms with Crippen molar-refractivity contribution in [2.24, 2.45) is 17.1 Å². The molecule has 1 rings (SSSR count). The largest absolute Gasteiger partial charge is 0.378 e. The van der Waals surface area contributed by atoms with Gasteiger partial charge >= 0.3 is 0 Å². The van der Waals surface area contributed by atoms with Gasteiger partial charge in [0.15, 0.2) is 0 Å². The quantitative estimate of drug-likeness (QED) is 0.760. The number of hydrogen-bond donors (Lipinski definition) is 2. The second-order valence-electron chi connectivity index (χ2n) is 6.30. The molecule has 106 valence electrons. The second-order valence-corrected chi connectivity index (χ2v) is 6.30. The number of rotatable bonds is 6. The maximum absolute atomic E-state index is 12.0. The van der Waals surface area contributed by atoms with E-state index in [0.29, 0.717) is 5.92 Å². The van der Waals surface area contributed by atoms with E-state index in [4.69, 9.17) is 10.5 Å². The molecule has 0 saturated heterocycles. The van der Waals surface area contributed by atoms with E-state index in [-0.39, 0.29) is 23.5 Å². The standard InChI is InChI=1S/C14H28N2O2/c1-6-18-12-8-11(14(12,4)5)16-13(17)10(15)7-9(2)3/h9-12H,6-8,15H2,1-5H3,(H,16,17)/t10-,11?,12?/m0/s1. The fraction of sp³-hybridized carbons (Fsp3) is 0.929. The molecule has 4 heteroatoms. The molecule has 0 bridgehead atoms. The van der Waals surface area contributed by atoms with Crippen molar-refractivity contribution < 1.29 is 9.53 Å². The van der Waals surface area contributed by atoms with Gasteiger partial charge in [-0.3, -0.25) is 4.79 Å². The molecule has 0 aromatic heterocycles. The zero-order valence-electron chi connectivity index (χ0n) is 12.3. The molecule has 0 radical (unpaired) electrons. The molecule has 3 N–H and O–H groups in total. The molecule has 0 spiro atoms. The normalized spacial score (nSPS) is 27.7. The maximum atomic E-state index is 12.0. The molecule has 0 heterocycles. The van der Waals surface area contributed by atoms with Crippen molar-refractivity contribution in [2.75, 3.05) is 6.61 Å². The Hall–Kier alpha value is -0.610. The Kier molecular flexibility index (Phi) is 5.17. The highest BCUT2D eigenvalue weighted by atomic mass is 16.5. The van der Waals surface area contributed by atoms with Gasteiger partial charge in [-0.1, -0.05) is 27.7 Å². The first kappa shape index (κ1) is 15.4. The Morgan fingerprint density at radius 2 is 2.11 bits per heavy atom. The van der Waals surface area contributed by atoms with Crippen LogP contribution in [-0.4, -0.2) is 30.7 Å². The highest BCUT2D eigenvalue weighted by Gasteiger charge is 2.49. The lowest BCUT2D eigenvalue weighted by Crippen LogP contribution is -2.63. The summed E-state index contributed by atoms with van der Waals surface area (Å²) in [5, 5.41) is 3.06. The molecular weight excluding hydrogens is 228 g/mol. The number of nitrogens with one attached hydrogen (secondary N) is 1. The number of amides is 1. The van der Waals surface area contributed by atoms with Crippen molar-refractivity contribution in [1.82, 2.24) is 5.32 Å². The molecule has 3 atom stereocenters. The zero-order valence-corrected chi connectivity index (χ0v) is 12.3. The highest BCUT2D eigenvalue weighted by Crippen LogP contribution is 2.42. The van der Waals surface area contributed by atoms with E-state index >= 15 is 0 Å². The van der Waals surface area contributed by atoms with Gasteiger partial charge in [-0.25, -0.2) is 0 Å². The van der Waals surface area contributed by atoms with Crippen LogP contribution in [0.15, 0.2) is 0 Å². The third kappa shape index (κ3) is 3.45. The van der Waals surface area contributed by atoms with E-state index in [0.717, 1.165) is 19.4 Å². The third-order valence-electron chi connectivity index (χ3n) is 3.92. The topological polar surface area (TPSA) is 64.3 Å². The van der Waals surface area contributed by atoms with Gasteiger partial charge in [-0.05, 0) is 25.7 Å². The third-order valence-corrected chi connectivity index (χ3v) is 3.92. The predicted molar refractivity (Wildman–Crippen MR) is 73.2 cm³/mol. The first-order valence-corrected chi connectivity index (χ1v) is 6.96. The predicted octanol–water partition coefficient (Wildman–Crippen LogP) is 1.68. The van der Waals surface area contributed by atoms with Crippen LogP contribution in [0.4, 0.5) is 0 Å². The number of nitrogens with two attached hydrogens (primary N) is 1. The summed E-state index contributed by atoms with van der Waals surface area (Å²) >= 11 is 0. The van der Waals surface area contributed by atoms with Gasteiger partial charge in [-0.2, -0.15) is 0 Å². The van der Waals surface area contributed by atoms with E-state index in [2.05, 4.69) is 33.0 Å². The van der Waals surface area contributed by atoms with Crippen LogP contribution in [0.1, 0.15) is 47.5 Å². The van der Waals surface area contributed by atoms with E-state index in [1.54, 1.807) is 0 Å². The Balaban J connectivity index is 2.43. The average Bonchev–Trinajstić information content (AvgIpc) is 2.26. The van der Waals surface area contributed by atoms with Gasteiger partial charge in [-0.15, -0.1) is 0 Å². The summed E-state index contributed by atoms with van der Waals surface area (Å²) in [6.07, 6.45) is 1.86. The molecular formula is C14H28N2O2. The Morgan fingerprint density at radius 3 is 2.56 bits per heavy atom. The SMILES string of the molecule is CCOC1CC(NC(=O)[C@@H](N)CC(C)C)C1(C)C. The molecule has 0 aliphatic heterocycles. The van der Waals surface area contributed by atoms with Crippen LogP contribution in [0.3, 0.4) is 0 Å². The Bertz CT molecular complexity index is 290. The van der Waals surface area contributed by atoms with Gasteiger partial charge in [0.25, 0.3) is 0 Å². The van der Waals surface area contributed by atoms with E-state index in [9.17, 15) is 4.79 Å². The fourth-order valence-electron chi connectivity index (χ4n) is 2.51. The molecule has 1 aliphatic rings. The molecule has 1 fully saturated rings. The average molecular weight is 256 g/mol. The Morgan fingerprint density at radius 1 is 1.50 bits per heavy atom.